The number of aryl methyl sites for hydroxylation is 1. The molecule has 138 valence electrons. The first-order chi connectivity index (χ1) is 12.5. The van der Waals surface area contributed by atoms with Gasteiger partial charge in [0.1, 0.15) is 5.75 Å². The molecule has 6 heteroatoms. The third kappa shape index (κ3) is 4.95. The molecule has 0 saturated heterocycles. The lowest BCUT2D eigenvalue weighted by molar-refractivity contribution is 0.0601. The van der Waals surface area contributed by atoms with Crippen molar-refractivity contribution in [3.8, 4) is 5.75 Å². The first-order valence-corrected chi connectivity index (χ1v) is 8.79. The Bertz CT molecular complexity index is 775. The number of esters is 1. The minimum absolute atomic E-state index is 0.0741. The van der Waals surface area contributed by atoms with Crippen LogP contribution in [-0.4, -0.2) is 25.3 Å². The summed E-state index contributed by atoms with van der Waals surface area (Å²) in [5.41, 5.74) is 3.36. The number of thiocarbonyl (C=S) groups is 1. The second-order valence-corrected chi connectivity index (χ2v) is 6.26. The highest BCUT2D eigenvalue weighted by Crippen LogP contribution is 2.21. The van der Waals surface area contributed by atoms with Gasteiger partial charge in [-0.2, -0.15) is 0 Å². The second-order valence-electron chi connectivity index (χ2n) is 5.85. The smallest absolute Gasteiger partial charge is 0.337 e. The summed E-state index contributed by atoms with van der Waals surface area (Å²) in [6.45, 7) is 4.04. The van der Waals surface area contributed by atoms with E-state index in [1.54, 1.807) is 19.2 Å². The van der Waals surface area contributed by atoms with E-state index in [-0.39, 0.29) is 12.0 Å². The number of carbonyl (C=O) groups excluding carboxylic acids is 1. The van der Waals surface area contributed by atoms with Gasteiger partial charge in [-0.15, -0.1) is 0 Å². The van der Waals surface area contributed by atoms with Gasteiger partial charge in [-0.1, -0.05) is 25.1 Å². The van der Waals surface area contributed by atoms with Crippen molar-refractivity contribution in [3.63, 3.8) is 0 Å². The molecule has 5 nitrogen and oxygen atoms in total. The van der Waals surface area contributed by atoms with Crippen LogP contribution < -0.4 is 15.4 Å². The van der Waals surface area contributed by atoms with E-state index in [1.807, 2.05) is 37.3 Å². The van der Waals surface area contributed by atoms with Crippen LogP contribution in [0.25, 0.3) is 0 Å². The molecule has 1 unspecified atom stereocenters. The number of hydrogen-bond donors (Lipinski definition) is 2. The third-order valence-electron chi connectivity index (χ3n) is 4.14. The molecule has 0 aliphatic heterocycles. The van der Waals surface area contributed by atoms with Crippen molar-refractivity contribution < 1.29 is 14.3 Å². The lowest BCUT2D eigenvalue weighted by atomic mass is 10.0. The van der Waals surface area contributed by atoms with Crippen molar-refractivity contribution in [2.75, 3.05) is 19.5 Å². The van der Waals surface area contributed by atoms with Crippen molar-refractivity contribution in [2.45, 2.75) is 26.3 Å². The monoisotopic (exact) mass is 372 g/mol. The van der Waals surface area contributed by atoms with Crippen LogP contribution in [0.1, 0.15) is 40.9 Å². The topological polar surface area (TPSA) is 59.6 Å². The molecule has 0 spiro atoms. The van der Waals surface area contributed by atoms with E-state index in [4.69, 9.17) is 21.7 Å². The van der Waals surface area contributed by atoms with Crippen LogP contribution in [-0.2, 0) is 4.74 Å². The van der Waals surface area contributed by atoms with Crippen LogP contribution in [0.4, 0.5) is 5.69 Å². The fraction of sp³-hybridized carbons (Fsp3) is 0.300. The van der Waals surface area contributed by atoms with Gasteiger partial charge in [0, 0.05) is 5.69 Å². The quantitative estimate of drug-likeness (QED) is 0.585. The van der Waals surface area contributed by atoms with Gasteiger partial charge >= 0.3 is 5.97 Å². The molecular formula is C20H24N2O3S. The predicted molar refractivity (Wildman–Crippen MR) is 108 cm³/mol. The summed E-state index contributed by atoms with van der Waals surface area (Å²) >= 11 is 5.46. The number of hydrogen-bond acceptors (Lipinski definition) is 4. The molecule has 2 aromatic rings. The van der Waals surface area contributed by atoms with Crippen molar-refractivity contribution in [3.05, 3.63) is 59.2 Å². The van der Waals surface area contributed by atoms with E-state index in [0.29, 0.717) is 10.7 Å². The van der Waals surface area contributed by atoms with Crippen molar-refractivity contribution in [1.82, 2.24) is 5.32 Å². The van der Waals surface area contributed by atoms with E-state index in [2.05, 4.69) is 17.6 Å². The summed E-state index contributed by atoms with van der Waals surface area (Å²) < 4.78 is 9.97. The third-order valence-corrected chi connectivity index (χ3v) is 4.36. The van der Waals surface area contributed by atoms with Gasteiger partial charge in [-0.25, -0.2) is 4.79 Å². The van der Waals surface area contributed by atoms with Gasteiger partial charge in [0.15, 0.2) is 5.11 Å². The number of methoxy groups -OCH3 is 2. The predicted octanol–water partition coefficient (Wildman–Crippen LogP) is 4.23. The van der Waals surface area contributed by atoms with Crippen LogP contribution in [0.2, 0.25) is 0 Å². The molecule has 0 amide bonds. The summed E-state index contributed by atoms with van der Waals surface area (Å²) in [6, 6.07) is 13.3. The molecule has 2 aromatic carbocycles. The summed E-state index contributed by atoms with van der Waals surface area (Å²) in [4.78, 5) is 11.7. The maximum atomic E-state index is 11.7. The molecule has 0 aliphatic carbocycles. The SMILES string of the molecule is CCC(NC(=S)Nc1cc(C(=O)OC)ccc1C)c1ccc(OC)cc1. The van der Waals surface area contributed by atoms with Crippen LogP contribution in [0, 0.1) is 6.92 Å². The zero-order valence-electron chi connectivity index (χ0n) is 15.5. The molecule has 0 radical (unpaired) electrons. The highest BCUT2D eigenvalue weighted by atomic mass is 32.1. The summed E-state index contributed by atoms with van der Waals surface area (Å²) in [5, 5.41) is 6.99. The summed E-state index contributed by atoms with van der Waals surface area (Å²) in [6.07, 6.45) is 0.870. The molecule has 0 heterocycles. The molecule has 0 saturated carbocycles. The van der Waals surface area contributed by atoms with E-state index in [0.717, 1.165) is 29.0 Å². The number of carbonyl (C=O) groups is 1. The average molecular weight is 372 g/mol. The largest absolute Gasteiger partial charge is 0.497 e. The standard InChI is InChI=1S/C20H24N2O3S/c1-5-17(14-8-10-16(24-3)11-9-14)21-20(26)22-18-12-15(19(23)25-4)7-6-13(18)2/h6-12,17H,5H2,1-4H3,(H2,21,22,26). The Morgan fingerprint density at radius 2 is 1.85 bits per heavy atom. The number of benzene rings is 2. The zero-order valence-corrected chi connectivity index (χ0v) is 16.3. The van der Waals surface area contributed by atoms with E-state index >= 15 is 0 Å². The number of nitrogens with one attached hydrogen (secondary N) is 2. The first kappa shape index (κ1) is 19.7. The van der Waals surface area contributed by atoms with Crippen molar-refractivity contribution >= 4 is 29.0 Å². The molecule has 1 atom stereocenters. The number of anilines is 1. The zero-order chi connectivity index (χ0) is 19.1. The van der Waals surface area contributed by atoms with Crippen LogP contribution in [0.15, 0.2) is 42.5 Å². The maximum absolute atomic E-state index is 11.7. The van der Waals surface area contributed by atoms with Crippen LogP contribution >= 0.6 is 12.2 Å². The Morgan fingerprint density at radius 1 is 1.15 bits per heavy atom. The Hall–Kier alpha value is -2.60. The first-order valence-electron chi connectivity index (χ1n) is 8.39. The molecule has 0 fully saturated rings. The van der Waals surface area contributed by atoms with Crippen molar-refractivity contribution in [1.29, 1.82) is 0 Å². The van der Waals surface area contributed by atoms with Crippen molar-refractivity contribution in [2.24, 2.45) is 0 Å². The Kier molecular flexibility index (Phi) is 6.97. The van der Waals surface area contributed by atoms with Crippen LogP contribution in [0.5, 0.6) is 5.75 Å². The van der Waals surface area contributed by atoms with E-state index < -0.39 is 0 Å². The Balaban J connectivity index is 2.10. The lowest BCUT2D eigenvalue weighted by Gasteiger charge is -2.21. The molecule has 2 N–H and O–H groups in total. The Labute approximate surface area is 159 Å². The van der Waals surface area contributed by atoms with Gasteiger partial charge in [0.05, 0.1) is 25.8 Å². The highest BCUT2D eigenvalue weighted by Gasteiger charge is 2.13. The lowest BCUT2D eigenvalue weighted by Crippen LogP contribution is -2.32. The summed E-state index contributed by atoms with van der Waals surface area (Å²) in [5.74, 6) is 0.441. The number of ether oxygens (including phenoxy) is 2. The normalized spacial score (nSPS) is 11.4. The molecule has 26 heavy (non-hydrogen) atoms. The summed E-state index contributed by atoms with van der Waals surface area (Å²) in [7, 11) is 3.01. The van der Waals surface area contributed by atoms with Gasteiger partial charge in [-0.3, -0.25) is 0 Å². The molecule has 0 bridgehead atoms. The Morgan fingerprint density at radius 3 is 2.42 bits per heavy atom. The van der Waals surface area contributed by atoms with Gasteiger partial charge in [-0.05, 0) is 61.0 Å². The highest BCUT2D eigenvalue weighted by molar-refractivity contribution is 7.80. The average Bonchev–Trinajstić information content (AvgIpc) is 2.67. The fourth-order valence-electron chi connectivity index (χ4n) is 2.58. The van der Waals surface area contributed by atoms with E-state index in [1.165, 1.54) is 7.11 Å². The molecule has 2 rings (SSSR count). The minimum atomic E-state index is -0.378. The van der Waals surface area contributed by atoms with Gasteiger partial charge in [0.2, 0.25) is 0 Å². The second kappa shape index (κ2) is 9.20. The fourth-order valence-corrected chi connectivity index (χ4v) is 2.83. The van der Waals surface area contributed by atoms with E-state index in [9.17, 15) is 4.79 Å². The maximum Gasteiger partial charge on any atom is 0.337 e. The molecule has 0 aromatic heterocycles. The number of rotatable bonds is 6. The van der Waals surface area contributed by atoms with Crippen LogP contribution in [0.3, 0.4) is 0 Å². The van der Waals surface area contributed by atoms with Gasteiger partial charge in [0.25, 0.3) is 0 Å². The van der Waals surface area contributed by atoms with Gasteiger partial charge < -0.3 is 20.1 Å². The minimum Gasteiger partial charge on any atom is -0.497 e. The molecular weight excluding hydrogens is 348 g/mol. The molecule has 0 aliphatic rings.